The molecule has 2 heteroatoms. The van der Waals surface area contributed by atoms with Gasteiger partial charge in [0.2, 0.25) is 0 Å². The third kappa shape index (κ3) is 2.05. The van der Waals surface area contributed by atoms with Crippen LogP contribution in [0.2, 0.25) is 5.04 Å². The summed E-state index contributed by atoms with van der Waals surface area (Å²) >= 11 is 0. The van der Waals surface area contributed by atoms with E-state index in [9.17, 15) is 4.79 Å². The van der Waals surface area contributed by atoms with E-state index < -0.39 is 5.04 Å². The molecule has 1 aromatic carbocycles. The summed E-state index contributed by atoms with van der Waals surface area (Å²) in [6, 6.07) is 9.28. The van der Waals surface area contributed by atoms with Gasteiger partial charge in [0, 0.05) is 20.8 Å². The van der Waals surface area contributed by atoms with Crippen molar-refractivity contribution in [2.75, 3.05) is 0 Å². The van der Waals surface area contributed by atoms with Gasteiger partial charge in [-0.2, -0.15) is 0 Å². The lowest BCUT2D eigenvalue weighted by Gasteiger charge is -2.15. The van der Waals surface area contributed by atoms with Gasteiger partial charge in [0.25, 0.3) is 0 Å². The predicted octanol–water partition coefficient (Wildman–Crippen LogP) is 2.24. The number of hydrogen-bond donors (Lipinski definition) is 0. The Morgan fingerprint density at radius 1 is 1.25 bits per heavy atom. The minimum Gasteiger partial charge on any atom is -0.294 e. The van der Waals surface area contributed by atoms with Crippen LogP contribution in [-0.4, -0.2) is 16.0 Å². The zero-order chi connectivity index (χ0) is 9.19. The molecule has 0 fully saturated rings. The van der Waals surface area contributed by atoms with E-state index in [-0.39, 0.29) is 5.78 Å². The first kappa shape index (κ1) is 9.20. The van der Waals surface area contributed by atoms with Gasteiger partial charge >= 0.3 is 0 Å². The third-order valence-electron chi connectivity index (χ3n) is 1.60. The Bertz CT molecular complexity index is 272. The lowest BCUT2D eigenvalue weighted by atomic mass is 10.0. The van der Waals surface area contributed by atoms with Gasteiger partial charge in [0.05, 0.1) is 0 Å². The zero-order valence-electron chi connectivity index (χ0n) is 7.29. The fourth-order valence-corrected chi connectivity index (χ4v) is 1.09. The fraction of sp³-hybridized carbons (Fsp3) is 0.300. The van der Waals surface area contributed by atoms with Gasteiger partial charge in [-0.1, -0.05) is 44.2 Å². The van der Waals surface area contributed by atoms with Crippen LogP contribution < -0.4 is 0 Å². The van der Waals surface area contributed by atoms with Crippen LogP contribution in [0.15, 0.2) is 30.3 Å². The topological polar surface area (TPSA) is 17.1 Å². The van der Waals surface area contributed by atoms with Crippen LogP contribution in [0, 0.1) is 0 Å². The van der Waals surface area contributed by atoms with Crippen molar-refractivity contribution in [3.05, 3.63) is 35.9 Å². The maximum absolute atomic E-state index is 11.6. The van der Waals surface area contributed by atoms with Gasteiger partial charge in [-0.05, 0) is 0 Å². The molecule has 0 aliphatic rings. The molecule has 0 heterocycles. The zero-order valence-corrected chi connectivity index (χ0v) is 8.29. The van der Waals surface area contributed by atoms with E-state index in [0.29, 0.717) is 0 Å². The van der Waals surface area contributed by atoms with E-state index in [4.69, 9.17) is 0 Å². The quantitative estimate of drug-likeness (QED) is 0.497. The first-order valence-corrected chi connectivity index (χ1v) is 4.36. The largest absolute Gasteiger partial charge is 0.294 e. The molecule has 1 rings (SSSR count). The van der Waals surface area contributed by atoms with Crippen LogP contribution in [0.25, 0.3) is 0 Å². The van der Waals surface area contributed by atoms with Crippen molar-refractivity contribution in [3.8, 4) is 0 Å². The summed E-state index contributed by atoms with van der Waals surface area (Å²) in [5.41, 5.74) is 0.748. The molecule has 0 aliphatic heterocycles. The van der Waals surface area contributed by atoms with E-state index in [1.54, 1.807) is 0 Å². The molecule has 0 saturated heterocycles. The summed E-state index contributed by atoms with van der Waals surface area (Å²) in [5, 5.41) is -0.471. The van der Waals surface area contributed by atoms with Crippen molar-refractivity contribution in [3.63, 3.8) is 0 Å². The first-order valence-electron chi connectivity index (χ1n) is 3.86. The number of ketones is 1. The highest BCUT2D eigenvalue weighted by Gasteiger charge is 2.22. The Hall–Kier alpha value is -0.893. The molecular formula is C10H11OSi. The van der Waals surface area contributed by atoms with Gasteiger partial charge in [0.1, 0.15) is 0 Å². The number of hydrogen-bond acceptors (Lipinski definition) is 1. The molecule has 0 aliphatic carbocycles. The van der Waals surface area contributed by atoms with Crippen LogP contribution in [0.5, 0.6) is 0 Å². The number of rotatable bonds is 2. The van der Waals surface area contributed by atoms with Crippen molar-refractivity contribution in [2.45, 2.75) is 18.9 Å². The van der Waals surface area contributed by atoms with Crippen molar-refractivity contribution >= 4 is 16.0 Å². The predicted molar refractivity (Wildman–Crippen MR) is 50.6 cm³/mol. The normalized spacial score (nSPS) is 11.2. The Morgan fingerprint density at radius 2 is 1.75 bits per heavy atom. The highest BCUT2D eigenvalue weighted by atomic mass is 28.1. The van der Waals surface area contributed by atoms with Crippen LogP contribution in [0.4, 0.5) is 0 Å². The van der Waals surface area contributed by atoms with E-state index in [1.807, 2.05) is 44.2 Å². The minimum atomic E-state index is -0.471. The number of carbonyl (C=O) groups excluding carboxylic acids is 1. The van der Waals surface area contributed by atoms with Gasteiger partial charge in [-0.15, -0.1) is 0 Å². The molecule has 1 aromatic rings. The second-order valence-electron chi connectivity index (χ2n) is 3.32. The van der Waals surface area contributed by atoms with Crippen molar-refractivity contribution in [1.82, 2.24) is 0 Å². The smallest absolute Gasteiger partial charge is 0.164 e. The van der Waals surface area contributed by atoms with Gasteiger partial charge in [-0.3, -0.25) is 4.79 Å². The number of carbonyl (C=O) groups is 1. The minimum absolute atomic E-state index is 0.111. The molecule has 0 saturated carbocycles. The van der Waals surface area contributed by atoms with Crippen LogP contribution in [0.3, 0.4) is 0 Å². The van der Waals surface area contributed by atoms with Crippen molar-refractivity contribution in [1.29, 1.82) is 0 Å². The van der Waals surface area contributed by atoms with Crippen molar-refractivity contribution < 1.29 is 4.79 Å². The van der Waals surface area contributed by atoms with Crippen LogP contribution in [0.1, 0.15) is 24.2 Å². The first-order chi connectivity index (χ1) is 5.52. The third-order valence-corrected chi connectivity index (χ3v) is 1.83. The average Bonchev–Trinajstić information content (AvgIpc) is 2.03. The van der Waals surface area contributed by atoms with E-state index in [1.165, 1.54) is 0 Å². The summed E-state index contributed by atoms with van der Waals surface area (Å²) in [4.78, 5) is 11.6. The van der Waals surface area contributed by atoms with E-state index >= 15 is 0 Å². The van der Waals surface area contributed by atoms with Gasteiger partial charge < -0.3 is 0 Å². The van der Waals surface area contributed by atoms with Gasteiger partial charge in [0.15, 0.2) is 5.78 Å². The van der Waals surface area contributed by atoms with Crippen molar-refractivity contribution in [2.24, 2.45) is 0 Å². The van der Waals surface area contributed by atoms with E-state index in [2.05, 4.69) is 10.2 Å². The molecule has 0 bridgehead atoms. The molecule has 0 spiro atoms. The number of Topliss-reactive ketones (excluding diaryl/α,β-unsaturated/α-hetero) is 1. The summed E-state index contributed by atoms with van der Waals surface area (Å²) in [6.45, 7) is 3.69. The molecule has 0 amide bonds. The summed E-state index contributed by atoms with van der Waals surface area (Å²) in [5.74, 6) is 0.111. The van der Waals surface area contributed by atoms with Crippen LogP contribution >= 0.6 is 0 Å². The van der Waals surface area contributed by atoms with Crippen LogP contribution in [-0.2, 0) is 0 Å². The highest BCUT2D eigenvalue weighted by molar-refractivity contribution is 6.31. The Morgan fingerprint density at radius 3 is 2.17 bits per heavy atom. The molecule has 0 atom stereocenters. The number of benzene rings is 1. The molecule has 61 valence electrons. The molecule has 1 nitrogen and oxygen atoms in total. The van der Waals surface area contributed by atoms with Gasteiger partial charge in [-0.25, -0.2) is 0 Å². The molecule has 0 aromatic heterocycles. The standard InChI is InChI=1S/C10H11OSi/c1-10(2,12)9(11)8-6-4-3-5-7-8/h3-7H,1-2H3. The Kier molecular flexibility index (Phi) is 2.48. The fourth-order valence-electron chi connectivity index (χ4n) is 0.950. The van der Waals surface area contributed by atoms with E-state index in [0.717, 1.165) is 5.56 Å². The monoisotopic (exact) mass is 175 g/mol. The molecular weight excluding hydrogens is 164 g/mol. The SMILES string of the molecule is CC(C)([Si])C(=O)c1ccccc1. The molecule has 0 N–H and O–H groups in total. The molecule has 3 radical (unpaired) electrons. The Labute approximate surface area is 76.2 Å². The maximum atomic E-state index is 11.6. The Balaban J connectivity index is 2.94. The summed E-state index contributed by atoms with van der Waals surface area (Å²) in [6.07, 6.45) is 0. The molecule has 0 unspecified atom stereocenters. The highest BCUT2D eigenvalue weighted by Crippen LogP contribution is 2.24. The maximum Gasteiger partial charge on any atom is 0.164 e. The lowest BCUT2D eigenvalue weighted by molar-refractivity contribution is 0.0949. The lowest BCUT2D eigenvalue weighted by Crippen LogP contribution is -2.16. The summed E-state index contributed by atoms with van der Waals surface area (Å²) < 4.78 is 0. The summed E-state index contributed by atoms with van der Waals surface area (Å²) in [7, 11) is 3.38. The average molecular weight is 175 g/mol. The second-order valence-corrected chi connectivity index (χ2v) is 4.57. The second kappa shape index (κ2) is 3.23. The molecule has 12 heavy (non-hydrogen) atoms.